The second-order valence-corrected chi connectivity index (χ2v) is 4.98. The van der Waals surface area contributed by atoms with Gasteiger partial charge in [0.25, 0.3) is 0 Å². The Labute approximate surface area is 86.3 Å². The normalized spacial score (nSPS) is 24.4. The molecule has 1 unspecified atom stereocenters. The van der Waals surface area contributed by atoms with Crippen LogP contribution in [0.3, 0.4) is 0 Å². The minimum atomic E-state index is 0.138. The van der Waals surface area contributed by atoms with Crippen LogP contribution in [0.4, 0.5) is 0 Å². The third kappa shape index (κ3) is 1.27. The van der Waals surface area contributed by atoms with Crippen molar-refractivity contribution in [3.63, 3.8) is 0 Å². The molecular weight excluding hydrogens is 170 g/mol. The number of hydrogen-bond donors (Lipinski definition) is 1. The number of benzene rings is 1. The maximum absolute atomic E-state index is 6.20. The molecule has 0 fully saturated rings. The van der Waals surface area contributed by atoms with E-state index < -0.39 is 0 Å². The van der Waals surface area contributed by atoms with Crippen LogP contribution in [0, 0.1) is 6.92 Å². The molecule has 1 aliphatic carbocycles. The smallest absolute Gasteiger partial charge is 0.0134 e. The molecule has 1 aliphatic rings. The predicted molar refractivity (Wildman–Crippen MR) is 60.5 cm³/mol. The summed E-state index contributed by atoms with van der Waals surface area (Å²) in [6.07, 6.45) is 2.26. The highest BCUT2D eigenvalue weighted by Gasteiger charge is 2.34. The molecule has 0 amide bonds. The van der Waals surface area contributed by atoms with Crippen molar-refractivity contribution >= 4 is 0 Å². The summed E-state index contributed by atoms with van der Waals surface area (Å²) in [5.74, 6) is 0. The molecule has 1 heteroatoms. The van der Waals surface area contributed by atoms with Gasteiger partial charge in [-0.25, -0.2) is 0 Å². The van der Waals surface area contributed by atoms with E-state index in [0.29, 0.717) is 6.04 Å². The fraction of sp³-hybridized carbons (Fsp3) is 0.538. The first-order chi connectivity index (χ1) is 6.53. The Kier molecular flexibility index (Phi) is 2.15. The van der Waals surface area contributed by atoms with Gasteiger partial charge in [-0.05, 0) is 36.5 Å². The van der Waals surface area contributed by atoms with Crippen LogP contribution in [-0.4, -0.2) is 6.04 Å². The van der Waals surface area contributed by atoms with Crippen LogP contribution in [0.5, 0.6) is 0 Å². The van der Waals surface area contributed by atoms with Crippen LogP contribution in [0.15, 0.2) is 18.2 Å². The van der Waals surface area contributed by atoms with Crippen molar-refractivity contribution in [2.24, 2.45) is 5.73 Å². The third-order valence-corrected chi connectivity index (χ3v) is 3.66. The van der Waals surface area contributed by atoms with E-state index >= 15 is 0 Å². The summed E-state index contributed by atoms with van der Waals surface area (Å²) in [5.41, 5.74) is 10.7. The lowest BCUT2D eigenvalue weighted by atomic mass is 9.68. The van der Waals surface area contributed by atoms with Crippen molar-refractivity contribution < 1.29 is 0 Å². The van der Waals surface area contributed by atoms with Gasteiger partial charge in [-0.2, -0.15) is 0 Å². The highest BCUT2D eigenvalue weighted by Crippen LogP contribution is 2.37. The van der Waals surface area contributed by atoms with E-state index in [-0.39, 0.29) is 5.41 Å². The maximum Gasteiger partial charge on any atom is 0.0134 e. The van der Waals surface area contributed by atoms with Gasteiger partial charge < -0.3 is 5.73 Å². The van der Waals surface area contributed by atoms with Gasteiger partial charge in [-0.3, -0.25) is 0 Å². The number of fused-ring (bicyclic) bond motifs is 1. The Bertz CT molecular complexity index is 352. The van der Waals surface area contributed by atoms with Crippen LogP contribution >= 0.6 is 0 Å². The molecule has 0 aromatic heterocycles. The molecule has 76 valence electrons. The van der Waals surface area contributed by atoms with Crippen molar-refractivity contribution in [2.45, 2.75) is 45.1 Å². The highest BCUT2D eigenvalue weighted by molar-refractivity contribution is 5.43. The van der Waals surface area contributed by atoms with E-state index in [1.165, 1.54) is 16.7 Å². The van der Waals surface area contributed by atoms with E-state index in [0.717, 1.165) is 12.8 Å². The molecule has 0 heterocycles. The second kappa shape index (κ2) is 3.09. The van der Waals surface area contributed by atoms with Crippen molar-refractivity contribution in [1.82, 2.24) is 0 Å². The average Bonchev–Trinajstić information content (AvgIpc) is 2.11. The first-order valence-corrected chi connectivity index (χ1v) is 5.38. The first kappa shape index (κ1) is 9.72. The van der Waals surface area contributed by atoms with E-state index in [9.17, 15) is 0 Å². The zero-order valence-corrected chi connectivity index (χ0v) is 9.30. The van der Waals surface area contributed by atoms with Gasteiger partial charge in [0.2, 0.25) is 0 Å². The van der Waals surface area contributed by atoms with Gasteiger partial charge in [0.15, 0.2) is 0 Å². The summed E-state index contributed by atoms with van der Waals surface area (Å²) in [4.78, 5) is 0. The fourth-order valence-corrected chi connectivity index (χ4v) is 2.72. The van der Waals surface area contributed by atoms with E-state index in [4.69, 9.17) is 5.73 Å². The summed E-state index contributed by atoms with van der Waals surface area (Å²) in [6.45, 7) is 6.73. The topological polar surface area (TPSA) is 26.0 Å². The van der Waals surface area contributed by atoms with Crippen molar-refractivity contribution in [2.75, 3.05) is 0 Å². The molecule has 0 saturated carbocycles. The molecule has 0 saturated heterocycles. The van der Waals surface area contributed by atoms with Crippen LogP contribution in [0.25, 0.3) is 0 Å². The zero-order chi connectivity index (χ0) is 10.3. The molecule has 0 radical (unpaired) electrons. The van der Waals surface area contributed by atoms with Crippen molar-refractivity contribution in [3.8, 4) is 0 Å². The number of rotatable bonds is 0. The van der Waals surface area contributed by atoms with E-state index in [1.54, 1.807) is 0 Å². The van der Waals surface area contributed by atoms with E-state index in [2.05, 4.69) is 39.0 Å². The lowest BCUT2D eigenvalue weighted by Gasteiger charge is -2.39. The Balaban J connectivity index is 2.61. The summed E-state index contributed by atoms with van der Waals surface area (Å²) in [5, 5.41) is 0. The minimum Gasteiger partial charge on any atom is -0.327 e. The quantitative estimate of drug-likeness (QED) is 0.667. The zero-order valence-electron chi connectivity index (χ0n) is 9.30. The summed E-state index contributed by atoms with van der Waals surface area (Å²) in [7, 11) is 0. The van der Waals surface area contributed by atoms with Crippen LogP contribution in [-0.2, 0) is 11.8 Å². The van der Waals surface area contributed by atoms with Crippen LogP contribution < -0.4 is 5.73 Å². The second-order valence-electron chi connectivity index (χ2n) is 4.98. The molecular formula is C13H19N. The van der Waals surface area contributed by atoms with Gasteiger partial charge >= 0.3 is 0 Å². The van der Waals surface area contributed by atoms with Crippen LogP contribution in [0.2, 0.25) is 0 Å². The Hall–Kier alpha value is -0.820. The molecule has 0 bridgehead atoms. The van der Waals surface area contributed by atoms with Gasteiger partial charge in [0.1, 0.15) is 0 Å². The van der Waals surface area contributed by atoms with Gasteiger partial charge in [0, 0.05) is 11.5 Å². The molecule has 1 atom stereocenters. The maximum atomic E-state index is 6.20. The Morgan fingerprint density at radius 3 is 2.79 bits per heavy atom. The van der Waals surface area contributed by atoms with Gasteiger partial charge in [-0.15, -0.1) is 0 Å². The standard InChI is InChI=1S/C13H19N/c1-9-5-4-6-10-7-8-11(14)13(2,3)12(9)10/h4-6,11H,7-8,14H2,1-3H3. The molecule has 14 heavy (non-hydrogen) atoms. The minimum absolute atomic E-state index is 0.138. The average molecular weight is 189 g/mol. The lowest BCUT2D eigenvalue weighted by molar-refractivity contribution is 0.362. The van der Waals surface area contributed by atoms with Gasteiger partial charge in [0.05, 0.1) is 0 Å². The van der Waals surface area contributed by atoms with Crippen molar-refractivity contribution in [3.05, 3.63) is 34.9 Å². The Morgan fingerprint density at radius 2 is 2.07 bits per heavy atom. The molecule has 0 spiro atoms. The Morgan fingerprint density at radius 1 is 1.36 bits per heavy atom. The molecule has 2 N–H and O–H groups in total. The van der Waals surface area contributed by atoms with Crippen LogP contribution in [0.1, 0.15) is 37.0 Å². The van der Waals surface area contributed by atoms with E-state index in [1.807, 2.05) is 0 Å². The summed E-state index contributed by atoms with van der Waals surface area (Å²) in [6, 6.07) is 6.89. The van der Waals surface area contributed by atoms with Gasteiger partial charge in [-0.1, -0.05) is 32.0 Å². The third-order valence-electron chi connectivity index (χ3n) is 3.66. The monoisotopic (exact) mass is 189 g/mol. The number of nitrogens with two attached hydrogens (primary N) is 1. The number of hydrogen-bond acceptors (Lipinski definition) is 1. The molecule has 2 rings (SSSR count). The van der Waals surface area contributed by atoms with Crippen molar-refractivity contribution in [1.29, 1.82) is 0 Å². The SMILES string of the molecule is Cc1cccc2c1C(C)(C)C(N)CC2. The largest absolute Gasteiger partial charge is 0.327 e. The summed E-state index contributed by atoms with van der Waals surface area (Å²) >= 11 is 0. The summed E-state index contributed by atoms with van der Waals surface area (Å²) < 4.78 is 0. The number of aryl methyl sites for hydroxylation is 2. The molecule has 0 aliphatic heterocycles. The molecule has 1 aromatic rings. The highest BCUT2D eigenvalue weighted by atomic mass is 14.7. The predicted octanol–water partition coefficient (Wildman–Crippen LogP) is 2.55. The fourth-order valence-electron chi connectivity index (χ4n) is 2.72. The molecule has 1 nitrogen and oxygen atoms in total. The first-order valence-electron chi connectivity index (χ1n) is 5.38. The lowest BCUT2D eigenvalue weighted by Crippen LogP contribution is -2.45. The molecule has 1 aromatic carbocycles.